The molecule has 0 saturated heterocycles. The summed E-state index contributed by atoms with van der Waals surface area (Å²) in [6.07, 6.45) is 1.89. The molecule has 1 amide bonds. The van der Waals surface area contributed by atoms with Gasteiger partial charge in [0.2, 0.25) is 0 Å². The van der Waals surface area contributed by atoms with Crippen molar-refractivity contribution >= 4 is 29.1 Å². The molecule has 0 bridgehead atoms. The number of ether oxygens (including phenoxy) is 1. The summed E-state index contributed by atoms with van der Waals surface area (Å²) in [6.45, 7) is 3.55. The Morgan fingerprint density at radius 2 is 2.03 bits per heavy atom. The molecule has 0 unspecified atom stereocenters. The van der Waals surface area contributed by atoms with Gasteiger partial charge in [-0.05, 0) is 61.4 Å². The third-order valence-corrected chi connectivity index (χ3v) is 8.20. The van der Waals surface area contributed by atoms with Crippen LogP contribution in [0.5, 0.6) is 0 Å². The van der Waals surface area contributed by atoms with Crippen molar-refractivity contribution in [3.8, 4) is 11.4 Å². The minimum Gasteiger partial charge on any atom is -0.460 e. The van der Waals surface area contributed by atoms with Gasteiger partial charge in [0.15, 0.2) is 0 Å². The van der Waals surface area contributed by atoms with E-state index in [-0.39, 0.29) is 37.2 Å². The molecular formula is C28H26FN3O6. The Morgan fingerprint density at radius 1 is 1.26 bits per heavy atom. The van der Waals surface area contributed by atoms with Gasteiger partial charge in [-0.2, -0.15) is 0 Å². The van der Waals surface area contributed by atoms with Crippen LogP contribution in [0.1, 0.15) is 54.0 Å². The summed E-state index contributed by atoms with van der Waals surface area (Å²) >= 11 is 0. The molecule has 4 heterocycles. The first-order valence-electron chi connectivity index (χ1n) is 12.7. The molecule has 0 radical (unpaired) electrons. The first-order valence-corrected chi connectivity index (χ1v) is 12.7. The van der Waals surface area contributed by atoms with Crippen LogP contribution >= 0.6 is 0 Å². The first kappa shape index (κ1) is 24.4. The number of aromatic nitrogens is 2. The third-order valence-electron chi connectivity index (χ3n) is 8.20. The van der Waals surface area contributed by atoms with Crippen LogP contribution < -0.4 is 10.9 Å². The second kappa shape index (κ2) is 8.29. The number of halogens is 1. The highest BCUT2D eigenvalue weighted by Crippen LogP contribution is 2.41. The monoisotopic (exact) mass is 519 g/mol. The number of fused-ring (bicyclic) bond motifs is 5. The number of pyridine rings is 2. The van der Waals surface area contributed by atoms with Crippen molar-refractivity contribution in [2.24, 2.45) is 0 Å². The van der Waals surface area contributed by atoms with Crippen molar-refractivity contribution in [2.45, 2.75) is 63.7 Å². The molecular weight excluding hydrogens is 493 g/mol. The lowest BCUT2D eigenvalue weighted by Gasteiger charge is -2.31. The van der Waals surface area contributed by atoms with Crippen LogP contribution in [0.15, 0.2) is 23.0 Å². The van der Waals surface area contributed by atoms with Gasteiger partial charge in [-0.1, -0.05) is 6.92 Å². The van der Waals surface area contributed by atoms with Gasteiger partial charge < -0.3 is 24.5 Å². The maximum atomic E-state index is 14.6. The number of nitrogens with zero attached hydrogens (tertiary/aromatic N) is 2. The number of carbonyl (C=O) groups excluding carboxylic acids is 3. The molecule has 1 aliphatic carbocycles. The minimum absolute atomic E-state index is 0.130. The van der Waals surface area contributed by atoms with E-state index in [1.807, 2.05) is 0 Å². The summed E-state index contributed by atoms with van der Waals surface area (Å²) in [6, 6.07) is 4.72. The second-order valence-corrected chi connectivity index (χ2v) is 10.4. The Bertz CT molecular complexity index is 1640. The van der Waals surface area contributed by atoms with Crippen molar-refractivity contribution < 1.29 is 28.6 Å². The van der Waals surface area contributed by atoms with E-state index >= 15 is 0 Å². The molecule has 1 atom stereocenters. The van der Waals surface area contributed by atoms with Crippen LogP contribution in [0.2, 0.25) is 0 Å². The number of nitrogens with one attached hydrogen (secondary N) is 1. The van der Waals surface area contributed by atoms with Gasteiger partial charge in [-0.25, -0.2) is 9.37 Å². The summed E-state index contributed by atoms with van der Waals surface area (Å²) < 4.78 is 21.4. The predicted molar refractivity (Wildman–Crippen MR) is 134 cm³/mol. The summed E-state index contributed by atoms with van der Waals surface area (Å²) in [5, 5.41) is 13.6. The number of rotatable bonds is 6. The van der Waals surface area contributed by atoms with Gasteiger partial charge in [0.25, 0.3) is 11.5 Å². The highest BCUT2D eigenvalue weighted by atomic mass is 19.1. The Balaban J connectivity index is 1.52. The number of hydrogen-bond acceptors (Lipinski definition) is 7. The molecule has 2 aliphatic heterocycles. The van der Waals surface area contributed by atoms with Crippen molar-refractivity contribution in [1.29, 1.82) is 0 Å². The smallest absolute Gasteiger partial charge is 0.324 e. The lowest BCUT2D eigenvalue weighted by atomic mass is 9.76. The van der Waals surface area contributed by atoms with E-state index in [9.17, 15) is 28.7 Å². The van der Waals surface area contributed by atoms with Crippen molar-refractivity contribution in [1.82, 2.24) is 14.9 Å². The van der Waals surface area contributed by atoms with E-state index in [2.05, 4.69) is 5.32 Å². The highest BCUT2D eigenvalue weighted by Gasteiger charge is 2.48. The highest BCUT2D eigenvalue weighted by molar-refractivity contribution is 6.01. The Hall–Kier alpha value is -3.92. The molecule has 1 fully saturated rings. The molecule has 0 spiro atoms. The summed E-state index contributed by atoms with van der Waals surface area (Å²) in [7, 11) is 0. The van der Waals surface area contributed by atoms with Gasteiger partial charge in [0.05, 0.1) is 29.0 Å². The fourth-order valence-electron chi connectivity index (χ4n) is 5.62. The van der Waals surface area contributed by atoms with E-state index in [1.54, 1.807) is 26.0 Å². The number of cyclic esters (lactones) is 1. The van der Waals surface area contributed by atoms with Gasteiger partial charge in [0, 0.05) is 23.6 Å². The van der Waals surface area contributed by atoms with Crippen molar-refractivity contribution in [2.75, 3.05) is 6.54 Å². The number of aldehydes is 1. The van der Waals surface area contributed by atoms with Gasteiger partial charge in [-0.15, -0.1) is 0 Å². The van der Waals surface area contributed by atoms with Gasteiger partial charge >= 0.3 is 5.97 Å². The molecule has 196 valence electrons. The van der Waals surface area contributed by atoms with Crippen molar-refractivity contribution in [3.05, 3.63) is 62.2 Å². The van der Waals surface area contributed by atoms with Crippen LogP contribution in [-0.4, -0.2) is 45.0 Å². The first-order chi connectivity index (χ1) is 18.1. The lowest BCUT2D eigenvalue weighted by molar-refractivity contribution is -0.155. The number of esters is 1. The van der Waals surface area contributed by atoms with Gasteiger partial charge in [0.1, 0.15) is 29.7 Å². The molecule has 2 N–H and O–H groups in total. The molecule has 2 aromatic heterocycles. The van der Waals surface area contributed by atoms with Crippen LogP contribution in [0.4, 0.5) is 4.39 Å². The molecule has 38 heavy (non-hydrogen) atoms. The van der Waals surface area contributed by atoms with Crippen LogP contribution in [0.25, 0.3) is 22.3 Å². The van der Waals surface area contributed by atoms with E-state index in [1.165, 1.54) is 10.6 Å². The fourth-order valence-corrected chi connectivity index (χ4v) is 5.62. The van der Waals surface area contributed by atoms with Crippen LogP contribution in [-0.2, 0) is 44.1 Å². The zero-order valence-corrected chi connectivity index (χ0v) is 21.0. The number of amides is 1. The average molecular weight is 520 g/mol. The Morgan fingerprint density at radius 3 is 2.71 bits per heavy atom. The summed E-state index contributed by atoms with van der Waals surface area (Å²) in [5.41, 5.74) is 0.630. The average Bonchev–Trinajstić information content (AvgIpc) is 3.55. The second-order valence-electron chi connectivity index (χ2n) is 10.4. The molecule has 6 rings (SSSR count). The normalized spacial score (nSPS) is 20.4. The predicted octanol–water partition coefficient (Wildman–Crippen LogP) is 1.96. The topological polar surface area (TPSA) is 128 Å². The third kappa shape index (κ3) is 3.36. The van der Waals surface area contributed by atoms with E-state index in [0.29, 0.717) is 59.0 Å². The van der Waals surface area contributed by atoms with Crippen LogP contribution in [0.3, 0.4) is 0 Å². The largest absolute Gasteiger partial charge is 0.460 e. The molecule has 1 saturated carbocycles. The van der Waals surface area contributed by atoms with E-state index in [4.69, 9.17) is 9.72 Å². The molecule has 9 nitrogen and oxygen atoms in total. The number of aliphatic hydroxyl groups is 1. The molecule has 3 aliphatic rings. The van der Waals surface area contributed by atoms with Crippen LogP contribution in [0, 0.1) is 12.7 Å². The lowest BCUT2D eigenvalue weighted by Crippen LogP contribution is -2.45. The Labute approximate surface area is 216 Å². The van der Waals surface area contributed by atoms with Crippen molar-refractivity contribution in [3.63, 3.8) is 0 Å². The zero-order chi connectivity index (χ0) is 27.0. The SMILES string of the molecule is CC[C@@]1(C=O)C(=O)OCc2c1cc1n(c2=O)Cc2c-1nc1cc(F)c(C)cc1c2CCNC(=O)C1(O)CC1. The van der Waals surface area contributed by atoms with E-state index in [0.717, 1.165) is 11.1 Å². The molecule has 10 heteroatoms. The fraction of sp³-hybridized carbons (Fsp3) is 0.393. The number of hydrogen-bond donors (Lipinski definition) is 2. The standard InChI is InChI=1S/C28H26FN3O6/c1-3-27(13-33)19-9-22-23-17(11-32(22)24(34)18(19)12-38-26(27)36)15(4-7-30-25(35)28(37)5-6-28)16-8-14(2)20(29)10-21(16)31-23/h8-10,13,37H,3-7,11-12H2,1-2H3,(H,30,35)/t27-/m0/s1. The maximum absolute atomic E-state index is 14.6. The quantitative estimate of drug-likeness (QED) is 0.226. The zero-order valence-electron chi connectivity index (χ0n) is 21.0. The number of aryl methyl sites for hydroxylation is 1. The maximum Gasteiger partial charge on any atom is 0.324 e. The minimum atomic E-state index is -1.58. The Kier molecular flexibility index (Phi) is 5.33. The summed E-state index contributed by atoms with van der Waals surface area (Å²) in [5.74, 6) is -1.53. The molecule has 1 aromatic carbocycles. The number of benzene rings is 1. The van der Waals surface area contributed by atoms with Gasteiger partial charge in [-0.3, -0.25) is 14.4 Å². The summed E-state index contributed by atoms with van der Waals surface area (Å²) in [4.78, 5) is 55.5. The number of carbonyl (C=O) groups is 3. The van der Waals surface area contributed by atoms with E-state index < -0.39 is 28.7 Å². The molecule has 3 aromatic rings.